The summed E-state index contributed by atoms with van der Waals surface area (Å²) in [6.07, 6.45) is -0.376. The minimum absolute atomic E-state index is 0.254. The molecule has 1 amide bonds. The number of halogens is 1. The Bertz CT molecular complexity index is 386. The molecule has 0 aliphatic carbocycles. The van der Waals surface area contributed by atoms with Crippen molar-refractivity contribution in [3.63, 3.8) is 0 Å². The van der Waals surface area contributed by atoms with Crippen molar-refractivity contribution in [3.8, 4) is 0 Å². The maximum atomic E-state index is 12.5. The number of alkyl halides is 1. The molecule has 1 aromatic carbocycles. The van der Waals surface area contributed by atoms with Crippen LogP contribution in [0.3, 0.4) is 0 Å². The topological polar surface area (TPSA) is 41.6 Å². The lowest BCUT2D eigenvalue weighted by Gasteiger charge is -2.31. The number of carbonyl (C=O) groups excluding carboxylic acids is 1. The van der Waals surface area contributed by atoms with Gasteiger partial charge in [-0.2, -0.15) is 0 Å². The van der Waals surface area contributed by atoms with Crippen LogP contribution in [0.5, 0.6) is 0 Å². The predicted octanol–water partition coefficient (Wildman–Crippen LogP) is 1.57. The van der Waals surface area contributed by atoms with E-state index < -0.39 is 6.67 Å². The van der Waals surface area contributed by atoms with Gasteiger partial charge in [-0.3, -0.25) is 0 Å². The zero-order valence-electron chi connectivity index (χ0n) is 10.1. The highest BCUT2D eigenvalue weighted by atomic mass is 19.1. The summed E-state index contributed by atoms with van der Waals surface area (Å²) >= 11 is 0. The third-order valence-corrected chi connectivity index (χ3v) is 2.91. The summed E-state index contributed by atoms with van der Waals surface area (Å²) in [6, 6.07) is 9.22. The number of hydrogen-bond donors (Lipinski definition) is 1. The largest absolute Gasteiger partial charge is 0.445 e. The van der Waals surface area contributed by atoms with Crippen molar-refractivity contribution in [2.75, 3.05) is 26.3 Å². The maximum Gasteiger partial charge on any atom is 0.410 e. The van der Waals surface area contributed by atoms with Gasteiger partial charge in [0.25, 0.3) is 0 Å². The lowest BCUT2D eigenvalue weighted by Crippen LogP contribution is -2.53. The number of benzene rings is 1. The molecule has 1 aliphatic heterocycles. The van der Waals surface area contributed by atoms with Crippen molar-refractivity contribution >= 4 is 6.09 Å². The lowest BCUT2D eigenvalue weighted by molar-refractivity contribution is 0.0827. The average molecular weight is 252 g/mol. The zero-order valence-corrected chi connectivity index (χ0v) is 10.1. The van der Waals surface area contributed by atoms with E-state index in [0.717, 1.165) is 5.56 Å². The molecule has 1 aliphatic rings. The Morgan fingerprint density at radius 1 is 1.44 bits per heavy atom. The van der Waals surface area contributed by atoms with Gasteiger partial charge in [0.2, 0.25) is 0 Å². The smallest absolute Gasteiger partial charge is 0.410 e. The minimum atomic E-state index is -0.470. The van der Waals surface area contributed by atoms with Crippen molar-refractivity contribution in [1.29, 1.82) is 0 Å². The van der Waals surface area contributed by atoms with Gasteiger partial charge in [0.15, 0.2) is 0 Å². The molecule has 0 aromatic heterocycles. The molecule has 98 valence electrons. The second-order valence-corrected chi connectivity index (χ2v) is 4.29. The van der Waals surface area contributed by atoms with Crippen LogP contribution in [0.2, 0.25) is 0 Å². The fourth-order valence-electron chi connectivity index (χ4n) is 1.91. The number of amides is 1. The van der Waals surface area contributed by atoms with Crippen LogP contribution < -0.4 is 5.32 Å². The number of piperazine rings is 1. The second-order valence-electron chi connectivity index (χ2n) is 4.29. The summed E-state index contributed by atoms with van der Waals surface area (Å²) in [7, 11) is 0. The molecule has 0 bridgehead atoms. The van der Waals surface area contributed by atoms with Crippen molar-refractivity contribution < 1.29 is 13.9 Å². The fraction of sp³-hybridized carbons (Fsp3) is 0.462. The number of rotatable bonds is 3. The normalized spacial score (nSPS) is 19.6. The van der Waals surface area contributed by atoms with Gasteiger partial charge >= 0.3 is 6.09 Å². The lowest BCUT2D eigenvalue weighted by atomic mass is 10.2. The molecule has 1 atom stereocenters. The molecule has 5 heteroatoms. The fourth-order valence-corrected chi connectivity index (χ4v) is 1.91. The Morgan fingerprint density at radius 3 is 2.94 bits per heavy atom. The molecule has 1 heterocycles. The second kappa shape index (κ2) is 6.35. The molecule has 1 N–H and O–H groups in total. The number of nitrogens with one attached hydrogen (secondary N) is 1. The number of hydrogen-bond acceptors (Lipinski definition) is 3. The Balaban J connectivity index is 1.81. The molecule has 0 radical (unpaired) electrons. The van der Waals surface area contributed by atoms with E-state index in [1.54, 1.807) is 4.90 Å². The van der Waals surface area contributed by atoms with Crippen LogP contribution in [0.25, 0.3) is 0 Å². The van der Waals surface area contributed by atoms with Crippen LogP contribution in [0.1, 0.15) is 5.56 Å². The van der Waals surface area contributed by atoms with Gasteiger partial charge < -0.3 is 15.0 Å². The molecule has 18 heavy (non-hydrogen) atoms. The van der Waals surface area contributed by atoms with Gasteiger partial charge in [-0.15, -0.1) is 0 Å². The van der Waals surface area contributed by atoms with Gasteiger partial charge in [-0.25, -0.2) is 9.18 Å². The maximum absolute atomic E-state index is 12.5. The molecule has 0 unspecified atom stereocenters. The standard InChI is InChI=1S/C13H17FN2O2/c14-8-12-9-16(7-6-15-12)13(17)18-10-11-4-2-1-3-5-11/h1-5,12,15H,6-10H2/t12-/m0/s1. The van der Waals surface area contributed by atoms with Gasteiger partial charge in [0, 0.05) is 19.6 Å². The van der Waals surface area contributed by atoms with Crippen LogP contribution >= 0.6 is 0 Å². The van der Waals surface area contributed by atoms with E-state index in [-0.39, 0.29) is 18.7 Å². The van der Waals surface area contributed by atoms with Gasteiger partial charge in [-0.05, 0) is 5.56 Å². The summed E-state index contributed by atoms with van der Waals surface area (Å²) in [5, 5.41) is 3.00. The molecule has 1 saturated heterocycles. The van der Waals surface area contributed by atoms with Gasteiger partial charge in [0.1, 0.15) is 13.3 Å². The van der Waals surface area contributed by atoms with E-state index in [4.69, 9.17) is 4.74 Å². The predicted molar refractivity (Wildman–Crippen MR) is 66.0 cm³/mol. The first-order chi connectivity index (χ1) is 8.79. The molecule has 0 saturated carbocycles. The van der Waals surface area contributed by atoms with Crippen molar-refractivity contribution in [1.82, 2.24) is 10.2 Å². The molecule has 1 aromatic rings. The Labute approximate surface area is 106 Å². The van der Waals surface area contributed by atoms with Gasteiger partial charge in [-0.1, -0.05) is 30.3 Å². The van der Waals surface area contributed by atoms with E-state index in [2.05, 4.69) is 5.32 Å². The zero-order chi connectivity index (χ0) is 12.8. The van der Waals surface area contributed by atoms with Crippen LogP contribution in [0.4, 0.5) is 9.18 Å². The Morgan fingerprint density at radius 2 is 2.22 bits per heavy atom. The van der Waals surface area contributed by atoms with Crippen LogP contribution in [0.15, 0.2) is 30.3 Å². The molecular weight excluding hydrogens is 235 g/mol. The van der Waals surface area contributed by atoms with E-state index in [1.807, 2.05) is 30.3 Å². The number of carbonyl (C=O) groups is 1. The highest BCUT2D eigenvalue weighted by molar-refractivity contribution is 5.67. The van der Waals surface area contributed by atoms with Crippen LogP contribution in [-0.2, 0) is 11.3 Å². The summed E-state index contributed by atoms with van der Waals surface area (Å²) < 4.78 is 17.7. The first-order valence-corrected chi connectivity index (χ1v) is 6.04. The van der Waals surface area contributed by atoms with Crippen LogP contribution in [-0.4, -0.2) is 43.3 Å². The molecule has 0 spiro atoms. The Kier molecular flexibility index (Phi) is 4.52. The highest BCUT2D eigenvalue weighted by Crippen LogP contribution is 2.06. The summed E-state index contributed by atoms with van der Waals surface area (Å²) in [5.74, 6) is 0. The van der Waals surface area contributed by atoms with E-state index in [9.17, 15) is 9.18 Å². The van der Waals surface area contributed by atoms with Crippen molar-refractivity contribution in [2.24, 2.45) is 0 Å². The van der Waals surface area contributed by atoms with E-state index in [0.29, 0.717) is 19.6 Å². The minimum Gasteiger partial charge on any atom is -0.445 e. The first kappa shape index (κ1) is 12.8. The quantitative estimate of drug-likeness (QED) is 0.887. The Hall–Kier alpha value is -1.62. The summed E-state index contributed by atoms with van der Waals surface area (Å²) in [5.41, 5.74) is 0.947. The number of ether oxygens (including phenoxy) is 1. The van der Waals surface area contributed by atoms with E-state index in [1.165, 1.54) is 0 Å². The monoisotopic (exact) mass is 252 g/mol. The summed E-state index contributed by atoms with van der Waals surface area (Å²) in [6.45, 7) is 1.32. The third kappa shape index (κ3) is 3.43. The van der Waals surface area contributed by atoms with E-state index >= 15 is 0 Å². The highest BCUT2D eigenvalue weighted by Gasteiger charge is 2.23. The molecular formula is C13H17FN2O2. The third-order valence-electron chi connectivity index (χ3n) is 2.91. The molecule has 2 rings (SSSR count). The van der Waals surface area contributed by atoms with Crippen LogP contribution in [0, 0.1) is 0 Å². The SMILES string of the molecule is O=C(OCc1ccccc1)N1CCN[C@@H](CF)C1. The molecule has 4 nitrogen and oxygen atoms in total. The summed E-state index contributed by atoms with van der Waals surface area (Å²) in [4.78, 5) is 13.3. The molecule has 1 fully saturated rings. The number of nitrogens with zero attached hydrogens (tertiary/aromatic N) is 1. The average Bonchev–Trinajstić information content (AvgIpc) is 2.46. The van der Waals surface area contributed by atoms with Crippen molar-refractivity contribution in [2.45, 2.75) is 12.6 Å². The first-order valence-electron chi connectivity index (χ1n) is 6.04. The van der Waals surface area contributed by atoms with Crippen molar-refractivity contribution in [3.05, 3.63) is 35.9 Å². The van der Waals surface area contributed by atoms with Gasteiger partial charge in [0.05, 0.1) is 6.04 Å².